The van der Waals surface area contributed by atoms with Crippen LogP contribution >= 0.6 is 0 Å². The zero-order chi connectivity index (χ0) is 20.8. The molecule has 0 aliphatic heterocycles. The van der Waals surface area contributed by atoms with E-state index in [0.29, 0.717) is 25.0 Å². The van der Waals surface area contributed by atoms with Gasteiger partial charge >= 0.3 is 11.9 Å². The van der Waals surface area contributed by atoms with Gasteiger partial charge < -0.3 is 14.4 Å². The largest absolute Gasteiger partial charge is 0.464 e. The van der Waals surface area contributed by atoms with Gasteiger partial charge in [0.05, 0.1) is 19.1 Å². The molecule has 6 nitrogen and oxygen atoms in total. The van der Waals surface area contributed by atoms with Gasteiger partial charge in [0.1, 0.15) is 18.2 Å². The fourth-order valence-electron chi connectivity index (χ4n) is 3.91. The second-order valence-corrected chi connectivity index (χ2v) is 7.46. The van der Waals surface area contributed by atoms with Gasteiger partial charge in [0.2, 0.25) is 0 Å². The first kappa shape index (κ1) is 20.7. The van der Waals surface area contributed by atoms with Gasteiger partial charge in [-0.15, -0.1) is 0 Å². The van der Waals surface area contributed by atoms with Crippen molar-refractivity contribution in [1.82, 2.24) is 0 Å². The first-order valence-electron chi connectivity index (χ1n) is 9.97. The van der Waals surface area contributed by atoms with Crippen molar-refractivity contribution in [3.05, 3.63) is 47.6 Å². The lowest BCUT2D eigenvalue weighted by Crippen LogP contribution is -2.27. The van der Waals surface area contributed by atoms with Crippen molar-refractivity contribution in [3.8, 4) is 6.07 Å². The van der Waals surface area contributed by atoms with Crippen LogP contribution in [0, 0.1) is 29.1 Å². The maximum atomic E-state index is 12.3. The van der Waals surface area contributed by atoms with Crippen molar-refractivity contribution < 1.29 is 19.1 Å². The van der Waals surface area contributed by atoms with Gasteiger partial charge in [-0.3, -0.25) is 4.79 Å². The molecular weight excluding hydrogens is 368 g/mol. The molecule has 0 amide bonds. The highest BCUT2D eigenvalue weighted by Crippen LogP contribution is 2.43. The molecule has 2 aliphatic rings. The lowest BCUT2D eigenvalue weighted by atomic mass is 9.94. The summed E-state index contributed by atoms with van der Waals surface area (Å²) in [6, 6.07) is 9.32. The molecule has 3 unspecified atom stereocenters. The summed E-state index contributed by atoms with van der Waals surface area (Å²) in [5, 5.41) is 9.11. The fraction of sp³-hybridized carbons (Fsp3) is 0.435. The molecule has 3 rings (SSSR count). The number of carbonyl (C=O) groups excluding carboxylic acids is 2. The van der Waals surface area contributed by atoms with Crippen molar-refractivity contribution in [1.29, 1.82) is 5.26 Å². The number of rotatable bonds is 8. The Bertz CT molecular complexity index is 851. The van der Waals surface area contributed by atoms with E-state index in [1.54, 1.807) is 6.92 Å². The van der Waals surface area contributed by atoms with Gasteiger partial charge in [0, 0.05) is 12.7 Å². The molecule has 3 atom stereocenters. The minimum atomic E-state index is -0.621. The normalized spacial score (nSPS) is 22.2. The van der Waals surface area contributed by atoms with Crippen LogP contribution < -0.4 is 4.90 Å². The summed E-state index contributed by atoms with van der Waals surface area (Å²) in [6.07, 6.45) is 7.88. The third-order valence-corrected chi connectivity index (χ3v) is 5.51. The summed E-state index contributed by atoms with van der Waals surface area (Å²) in [5.41, 5.74) is 1.66. The Hall–Kier alpha value is -3.07. The molecule has 152 valence electrons. The Morgan fingerprint density at radius 1 is 1.21 bits per heavy atom. The quantitative estimate of drug-likeness (QED) is 0.291. The number of likely N-dealkylation sites (N-methyl/N-ethyl adjacent to an activating group) is 1. The van der Waals surface area contributed by atoms with Crippen LogP contribution in [0.25, 0.3) is 6.08 Å². The van der Waals surface area contributed by atoms with Crippen LogP contribution in [0.5, 0.6) is 0 Å². The standard InChI is InChI=1S/C23H26N2O4/c1-3-28-22(26)19(15-24)12-16-5-8-20(9-6-16)25(2)10-11-29-23(27)21-14-17-4-7-18(21)13-17/h4-9,12,17-18,21H,3,10-11,13-14H2,1-2H3/b19-12+. The van der Waals surface area contributed by atoms with Gasteiger partial charge in [-0.25, -0.2) is 4.79 Å². The van der Waals surface area contributed by atoms with E-state index >= 15 is 0 Å². The molecule has 0 aromatic heterocycles. The van der Waals surface area contributed by atoms with Gasteiger partial charge in [-0.05, 0) is 55.4 Å². The summed E-state index contributed by atoms with van der Waals surface area (Å²) in [4.78, 5) is 26.0. The SMILES string of the molecule is CCOC(=O)/C(C#N)=C/c1ccc(N(C)CCOC(=O)C2CC3C=CC2C3)cc1. The van der Waals surface area contributed by atoms with Crippen molar-refractivity contribution in [2.45, 2.75) is 19.8 Å². The molecule has 1 aromatic rings. The van der Waals surface area contributed by atoms with Gasteiger partial charge in [0.15, 0.2) is 0 Å². The molecule has 2 bridgehead atoms. The van der Waals surface area contributed by atoms with Crippen molar-refractivity contribution in [2.24, 2.45) is 17.8 Å². The van der Waals surface area contributed by atoms with Crippen LogP contribution in [0.15, 0.2) is 42.0 Å². The number of anilines is 1. The van der Waals surface area contributed by atoms with Gasteiger partial charge in [0.25, 0.3) is 0 Å². The number of carbonyl (C=O) groups is 2. The maximum Gasteiger partial charge on any atom is 0.348 e. The number of allylic oxidation sites excluding steroid dienone is 2. The topological polar surface area (TPSA) is 79.6 Å². The average Bonchev–Trinajstić information content (AvgIpc) is 3.36. The number of hydrogen-bond donors (Lipinski definition) is 0. The molecule has 0 N–H and O–H groups in total. The summed E-state index contributed by atoms with van der Waals surface area (Å²) in [5.74, 6) is 0.231. The molecule has 2 aliphatic carbocycles. The molecule has 1 fully saturated rings. The molecule has 1 saturated carbocycles. The number of hydrogen-bond acceptors (Lipinski definition) is 6. The summed E-state index contributed by atoms with van der Waals surface area (Å²) >= 11 is 0. The highest BCUT2D eigenvalue weighted by molar-refractivity contribution is 5.97. The van der Waals surface area contributed by atoms with E-state index in [2.05, 4.69) is 12.2 Å². The van der Waals surface area contributed by atoms with E-state index in [1.807, 2.05) is 42.3 Å². The van der Waals surface area contributed by atoms with Crippen molar-refractivity contribution >= 4 is 23.7 Å². The minimum Gasteiger partial charge on any atom is -0.464 e. The predicted molar refractivity (Wildman–Crippen MR) is 110 cm³/mol. The van der Waals surface area contributed by atoms with E-state index in [9.17, 15) is 9.59 Å². The summed E-state index contributed by atoms with van der Waals surface area (Å²) in [7, 11) is 1.93. The van der Waals surface area contributed by atoms with E-state index in [4.69, 9.17) is 14.7 Å². The Labute approximate surface area is 171 Å². The molecule has 0 radical (unpaired) electrons. The average molecular weight is 394 g/mol. The predicted octanol–water partition coefficient (Wildman–Crippen LogP) is 3.35. The van der Waals surface area contributed by atoms with Gasteiger partial charge in [-0.1, -0.05) is 24.3 Å². The van der Waals surface area contributed by atoms with Crippen LogP contribution in [0.4, 0.5) is 5.69 Å². The van der Waals surface area contributed by atoms with Crippen LogP contribution in [0.2, 0.25) is 0 Å². The second kappa shape index (κ2) is 9.42. The monoisotopic (exact) mass is 394 g/mol. The van der Waals surface area contributed by atoms with E-state index in [-0.39, 0.29) is 24.1 Å². The molecule has 6 heteroatoms. The maximum absolute atomic E-state index is 12.3. The lowest BCUT2D eigenvalue weighted by Gasteiger charge is -2.21. The van der Waals surface area contributed by atoms with E-state index < -0.39 is 5.97 Å². The second-order valence-electron chi connectivity index (χ2n) is 7.46. The Kier molecular flexibility index (Phi) is 6.71. The molecule has 0 spiro atoms. The zero-order valence-corrected chi connectivity index (χ0v) is 16.8. The summed E-state index contributed by atoms with van der Waals surface area (Å²) in [6.45, 7) is 2.86. The fourth-order valence-corrected chi connectivity index (χ4v) is 3.91. The molecule has 1 aromatic carbocycles. The molecular formula is C23H26N2O4. The number of fused-ring (bicyclic) bond motifs is 2. The van der Waals surface area contributed by atoms with Crippen LogP contribution in [-0.2, 0) is 19.1 Å². The van der Waals surface area contributed by atoms with Crippen LogP contribution in [0.1, 0.15) is 25.3 Å². The smallest absolute Gasteiger partial charge is 0.348 e. The number of ether oxygens (including phenoxy) is 2. The molecule has 0 heterocycles. The Morgan fingerprint density at radius 2 is 1.97 bits per heavy atom. The highest BCUT2D eigenvalue weighted by Gasteiger charge is 2.40. The van der Waals surface area contributed by atoms with Gasteiger partial charge in [-0.2, -0.15) is 5.26 Å². The number of esters is 2. The summed E-state index contributed by atoms with van der Waals surface area (Å²) < 4.78 is 10.4. The van der Waals surface area contributed by atoms with E-state index in [0.717, 1.165) is 24.1 Å². The number of nitrogens with zero attached hydrogens (tertiary/aromatic N) is 2. The number of nitriles is 1. The van der Waals surface area contributed by atoms with Crippen LogP contribution in [-0.4, -0.2) is 38.7 Å². The zero-order valence-electron chi connectivity index (χ0n) is 16.8. The third-order valence-electron chi connectivity index (χ3n) is 5.51. The number of benzene rings is 1. The Balaban J connectivity index is 1.49. The highest BCUT2D eigenvalue weighted by atomic mass is 16.5. The van der Waals surface area contributed by atoms with Crippen molar-refractivity contribution in [3.63, 3.8) is 0 Å². The molecule has 29 heavy (non-hydrogen) atoms. The minimum absolute atomic E-state index is 0.0232. The molecule has 0 saturated heterocycles. The third kappa shape index (κ3) is 5.05. The van der Waals surface area contributed by atoms with E-state index in [1.165, 1.54) is 6.08 Å². The first-order valence-corrected chi connectivity index (χ1v) is 9.97. The van der Waals surface area contributed by atoms with Crippen molar-refractivity contribution in [2.75, 3.05) is 31.7 Å². The van der Waals surface area contributed by atoms with Crippen LogP contribution in [0.3, 0.4) is 0 Å². The Morgan fingerprint density at radius 3 is 2.55 bits per heavy atom. The first-order chi connectivity index (χ1) is 14.0. The lowest BCUT2D eigenvalue weighted by molar-refractivity contribution is -0.149.